The molecule has 0 saturated carbocycles. The van der Waals surface area contributed by atoms with Crippen LogP contribution in [0.5, 0.6) is 0 Å². The Morgan fingerprint density at radius 2 is 1.00 bits per heavy atom. The molecule has 0 aliphatic rings. The molecule has 2 heteroatoms. The third kappa shape index (κ3) is 3.29. The van der Waals surface area contributed by atoms with Gasteiger partial charge in [0.1, 0.15) is 0 Å². The molecule has 24 heavy (non-hydrogen) atoms. The van der Waals surface area contributed by atoms with E-state index in [9.17, 15) is 0 Å². The lowest BCUT2D eigenvalue weighted by Gasteiger charge is -2.17. The molecule has 3 rings (SSSR count). The predicted molar refractivity (Wildman–Crippen MR) is 106 cm³/mol. The van der Waals surface area contributed by atoms with Crippen molar-refractivity contribution in [3.8, 4) is 22.3 Å². The van der Waals surface area contributed by atoms with E-state index in [1.807, 2.05) is 0 Å². The van der Waals surface area contributed by atoms with E-state index < -0.39 is 0 Å². The van der Waals surface area contributed by atoms with Crippen molar-refractivity contribution in [3.05, 3.63) is 76.9 Å². The van der Waals surface area contributed by atoms with Crippen molar-refractivity contribution in [1.82, 2.24) is 0 Å². The van der Waals surface area contributed by atoms with Crippen LogP contribution in [0.2, 0.25) is 0 Å². The normalized spacial score (nSPS) is 10.7. The molecule has 3 aromatic carbocycles. The highest BCUT2D eigenvalue weighted by Crippen LogP contribution is 2.37. The van der Waals surface area contributed by atoms with Gasteiger partial charge in [-0.05, 0) is 38.8 Å². The van der Waals surface area contributed by atoms with Crippen LogP contribution in [-0.2, 0) is 0 Å². The highest BCUT2D eigenvalue weighted by molar-refractivity contribution is 6.19. The SMILES string of the molecule is Cc1cc(C)cc(-c2cccc(-c3cc(C)cc(C)c3)c2N[Si])c1. The van der Waals surface area contributed by atoms with Crippen LogP contribution >= 0.6 is 0 Å². The molecule has 0 fully saturated rings. The number of hydrogen-bond donors (Lipinski definition) is 1. The Balaban J connectivity index is 2.23. The van der Waals surface area contributed by atoms with Gasteiger partial charge in [0.15, 0.2) is 10.4 Å². The van der Waals surface area contributed by atoms with Gasteiger partial charge < -0.3 is 4.98 Å². The summed E-state index contributed by atoms with van der Waals surface area (Å²) in [6, 6.07) is 19.8. The Labute approximate surface area is 148 Å². The Morgan fingerprint density at radius 3 is 1.33 bits per heavy atom. The van der Waals surface area contributed by atoms with Crippen LogP contribution in [0.4, 0.5) is 5.69 Å². The van der Waals surface area contributed by atoms with Crippen molar-refractivity contribution < 1.29 is 0 Å². The Hall–Kier alpha value is -2.32. The number of aryl methyl sites for hydroxylation is 4. The van der Waals surface area contributed by atoms with Crippen molar-refractivity contribution in [2.24, 2.45) is 0 Å². The van der Waals surface area contributed by atoms with Gasteiger partial charge in [0.25, 0.3) is 0 Å². The Kier molecular flexibility index (Phi) is 4.59. The summed E-state index contributed by atoms with van der Waals surface area (Å²) < 4.78 is 0. The standard InChI is InChI=1S/C22H22NSi/c1-14-8-15(2)11-18(10-14)20-6-5-7-21(22(20)23-24)19-12-16(3)9-17(4)13-19/h5-13,23H,1-4H3. The topological polar surface area (TPSA) is 12.0 Å². The lowest BCUT2D eigenvalue weighted by atomic mass is 9.93. The highest BCUT2D eigenvalue weighted by Gasteiger charge is 2.12. The van der Waals surface area contributed by atoms with Crippen molar-refractivity contribution in [3.63, 3.8) is 0 Å². The minimum absolute atomic E-state index is 1.10. The summed E-state index contributed by atoms with van der Waals surface area (Å²) in [4.78, 5) is 3.24. The first-order valence-electron chi connectivity index (χ1n) is 8.21. The molecule has 0 heterocycles. The van der Waals surface area contributed by atoms with Gasteiger partial charge in [-0.1, -0.05) is 76.9 Å². The second-order valence-electron chi connectivity index (χ2n) is 6.61. The van der Waals surface area contributed by atoms with Gasteiger partial charge >= 0.3 is 0 Å². The molecule has 119 valence electrons. The van der Waals surface area contributed by atoms with Gasteiger partial charge in [-0.3, -0.25) is 0 Å². The first-order chi connectivity index (χ1) is 11.5. The van der Waals surface area contributed by atoms with Crippen LogP contribution in [0.15, 0.2) is 54.6 Å². The second kappa shape index (κ2) is 6.66. The van der Waals surface area contributed by atoms with Crippen LogP contribution in [0.1, 0.15) is 22.3 Å². The lowest BCUT2D eigenvalue weighted by molar-refractivity contribution is 1.38. The number of benzene rings is 3. The fourth-order valence-corrected chi connectivity index (χ4v) is 3.70. The zero-order chi connectivity index (χ0) is 17.3. The second-order valence-corrected chi connectivity index (χ2v) is 6.86. The molecule has 0 aliphatic carbocycles. The lowest BCUT2D eigenvalue weighted by Crippen LogP contribution is -1.98. The summed E-state index contributed by atoms with van der Waals surface area (Å²) in [5, 5.41) is 0. The van der Waals surface area contributed by atoms with Gasteiger partial charge in [-0.15, -0.1) is 0 Å². The van der Waals surface area contributed by atoms with Crippen molar-refractivity contribution in [2.75, 3.05) is 4.98 Å². The summed E-state index contributed by atoms with van der Waals surface area (Å²) in [6.45, 7) is 8.58. The number of anilines is 1. The Morgan fingerprint density at radius 1 is 0.625 bits per heavy atom. The smallest absolute Gasteiger partial charge is 0.186 e. The van der Waals surface area contributed by atoms with E-state index in [1.165, 1.54) is 44.5 Å². The van der Waals surface area contributed by atoms with E-state index in [0.717, 1.165) is 5.69 Å². The molecule has 0 spiro atoms. The van der Waals surface area contributed by atoms with Crippen molar-refractivity contribution >= 4 is 16.1 Å². The summed E-state index contributed by atoms with van der Waals surface area (Å²) in [5.41, 5.74) is 11.1. The van der Waals surface area contributed by atoms with Gasteiger partial charge in [-0.2, -0.15) is 0 Å². The number of rotatable bonds is 3. The fraction of sp³-hybridized carbons (Fsp3) is 0.182. The molecule has 0 amide bonds. The predicted octanol–water partition coefficient (Wildman–Crippen LogP) is 5.75. The van der Waals surface area contributed by atoms with Crippen LogP contribution in [-0.4, -0.2) is 10.4 Å². The minimum atomic E-state index is 1.10. The van der Waals surface area contributed by atoms with Gasteiger partial charge in [0, 0.05) is 16.8 Å². The molecule has 0 atom stereocenters. The molecule has 0 aliphatic heterocycles. The number of hydrogen-bond acceptors (Lipinski definition) is 1. The number of para-hydroxylation sites is 1. The first-order valence-corrected chi connectivity index (χ1v) is 8.71. The van der Waals surface area contributed by atoms with Gasteiger partial charge in [0.05, 0.1) is 0 Å². The summed E-state index contributed by atoms with van der Waals surface area (Å²) in [7, 11) is 3.53. The Bertz CT molecular complexity index is 786. The van der Waals surface area contributed by atoms with Gasteiger partial charge in [0.2, 0.25) is 0 Å². The maximum atomic E-state index is 3.53. The minimum Gasteiger partial charge on any atom is -0.412 e. The molecule has 0 saturated heterocycles. The molecule has 0 bridgehead atoms. The van der Waals surface area contributed by atoms with Crippen LogP contribution in [0.3, 0.4) is 0 Å². The van der Waals surface area contributed by atoms with Gasteiger partial charge in [-0.25, -0.2) is 0 Å². The third-order valence-electron chi connectivity index (χ3n) is 4.25. The van der Waals surface area contributed by atoms with Crippen LogP contribution < -0.4 is 4.98 Å². The third-order valence-corrected chi connectivity index (χ3v) is 4.50. The highest BCUT2D eigenvalue weighted by atomic mass is 28.2. The number of nitrogens with one attached hydrogen (secondary N) is 1. The van der Waals surface area contributed by atoms with E-state index in [4.69, 9.17) is 0 Å². The molecule has 1 nitrogen and oxygen atoms in total. The average molecular weight is 329 g/mol. The van der Waals surface area contributed by atoms with E-state index in [2.05, 4.69) is 97.7 Å². The zero-order valence-corrected chi connectivity index (χ0v) is 15.7. The molecule has 1 N–H and O–H groups in total. The van der Waals surface area contributed by atoms with Crippen molar-refractivity contribution in [1.29, 1.82) is 0 Å². The summed E-state index contributed by atoms with van der Waals surface area (Å²) >= 11 is 0. The first kappa shape index (κ1) is 16.5. The molecular weight excluding hydrogens is 306 g/mol. The summed E-state index contributed by atoms with van der Waals surface area (Å²) in [6.07, 6.45) is 0. The quantitative estimate of drug-likeness (QED) is 0.604. The van der Waals surface area contributed by atoms with Crippen molar-refractivity contribution in [2.45, 2.75) is 27.7 Å². The maximum absolute atomic E-state index is 3.53. The molecule has 0 unspecified atom stereocenters. The van der Waals surface area contributed by atoms with E-state index in [1.54, 1.807) is 0 Å². The largest absolute Gasteiger partial charge is 0.412 e. The fourth-order valence-electron chi connectivity index (χ4n) is 3.43. The zero-order valence-electron chi connectivity index (χ0n) is 14.7. The van der Waals surface area contributed by atoms with Crippen LogP contribution in [0.25, 0.3) is 22.3 Å². The maximum Gasteiger partial charge on any atom is 0.186 e. The average Bonchev–Trinajstić information content (AvgIpc) is 2.52. The molecular formula is C22H22NSi. The summed E-state index contributed by atoms with van der Waals surface area (Å²) in [5.74, 6) is 0. The van der Waals surface area contributed by atoms with E-state index in [0.29, 0.717) is 0 Å². The van der Waals surface area contributed by atoms with Crippen LogP contribution in [0, 0.1) is 27.7 Å². The molecule has 0 aromatic heterocycles. The molecule has 3 aromatic rings. The van der Waals surface area contributed by atoms with E-state index >= 15 is 0 Å². The monoisotopic (exact) mass is 328 g/mol. The van der Waals surface area contributed by atoms with E-state index in [-0.39, 0.29) is 0 Å². The molecule has 3 radical (unpaired) electrons.